The van der Waals surface area contributed by atoms with Crippen molar-refractivity contribution in [2.24, 2.45) is 0 Å². The summed E-state index contributed by atoms with van der Waals surface area (Å²) in [5.41, 5.74) is 0.886. The van der Waals surface area contributed by atoms with E-state index >= 15 is 0 Å². The van der Waals surface area contributed by atoms with Crippen LogP contribution in [0.1, 0.15) is 40.6 Å². The molecule has 1 unspecified atom stereocenters. The predicted molar refractivity (Wildman–Crippen MR) is 122 cm³/mol. The number of likely N-dealkylation sites (tertiary alicyclic amines) is 1. The average molecular weight is 448 g/mol. The van der Waals surface area contributed by atoms with Crippen LogP contribution in [-0.4, -0.2) is 46.4 Å². The molecule has 0 saturated carbocycles. The van der Waals surface area contributed by atoms with E-state index in [9.17, 15) is 14.0 Å². The summed E-state index contributed by atoms with van der Waals surface area (Å²) in [4.78, 5) is 35.9. The minimum Gasteiger partial charge on any atom is -0.484 e. The molecule has 3 aromatic rings. The van der Waals surface area contributed by atoms with E-state index in [1.807, 2.05) is 30.3 Å². The monoisotopic (exact) mass is 448 g/mol. The molecule has 33 heavy (non-hydrogen) atoms. The normalized spacial score (nSPS) is 15.7. The van der Waals surface area contributed by atoms with Crippen LogP contribution in [0.2, 0.25) is 0 Å². The summed E-state index contributed by atoms with van der Waals surface area (Å²) in [6, 6.07) is 15.2. The number of nitrogens with one attached hydrogen (secondary N) is 1. The summed E-state index contributed by atoms with van der Waals surface area (Å²) in [5.74, 6) is 0.161. The van der Waals surface area contributed by atoms with E-state index in [1.165, 1.54) is 18.3 Å². The summed E-state index contributed by atoms with van der Waals surface area (Å²) < 4.78 is 19.4. The van der Waals surface area contributed by atoms with Crippen molar-refractivity contribution < 1.29 is 18.7 Å². The second kappa shape index (κ2) is 10.2. The average Bonchev–Trinajstić information content (AvgIpc) is 2.84. The molecular weight excluding hydrogens is 423 g/mol. The maximum absolute atomic E-state index is 13.8. The Morgan fingerprint density at radius 2 is 1.91 bits per heavy atom. The van der Waals surface area contributed by atoms with E-state index in [4.69, 9.17) is 4.74 Å². The number of anilines is 1. The van der Waals surface area contributed by atoms with E-state index in [2.05, 4.69) is 15.3 Å². The second-order valence-corrected chi connectivity index (χ2v) is 7.94. The van der Waals surface area contributed by atoms with Gasteiger partial charge in [-0.1, -0.05) is 30.3 Å². The summed E-state index contributed by atoms with van der Waals surface area (Å²) in [7, 11) is 0. The Bertz CT molecular complexity index is 1140. The number of ether oxygens (including phenoxy) is 1. The van der Waals surface area contributed by atoms with Gasteiger partial charge in [0, 0.05) is 25.2 Å². The highest BCUT2D eigenvalue weighted by Gasteiger charge is 2.27. The maximum Gasteiger partial charge on any atom is 0.260 e. The Morgan fingerprint density at radius 3 is 2.67 bits per heavy atom. The number of piperidine rings is 1. The minimum absolute atomic E-state index is 0.0221. The third kappa shape index (κ3) is 5.52. The van der Waals surface area contributed by atoms with Crippen molar-refractivity contribution in [3.8, 4) is 5.75 Å². The van der Waals surface area contributed by atoms with Gasteiger partial charge in [0.1, 0.15) is 17.4 Å². The SMILES string of the molecule is Cc1nc(C2CCCN(C(=O)COc3ccccc3)C2)ncc1C(=O)Nc1ccccc1F. The molecule has 0 spiro atoms. The van der Waals surface area contributed by atoms with Gasteiger partial charge in [0.15, 0.2) is 6.61 Å². The number of carbonyl (C=O) groups excluding carboxylic acids is 2. The number of para-hydroxylation sites is 2. The van der Waals surface area contributed by atoms with Gasteiger partial charge in [0.2, 0.25) is 0 Å². The van der Waals surface area contributed by atoms with Gasteiger partial charge in [-0.15, -0.1) is 0 Å². The lowest BCUT2D eigenvalue weighted by atomic mass is 9.97. The van der Waals surface area contributed by atoms with Crippen molar-refractivity contribution in [2.75, 3.05) is 25.0 Å². The second-order valence-electron chi connectivity index (χ2n) is 7.94. The molecule has 2 amide bonds. The van der Waals surface area contributed by atoms with Gasteiger partial charge in [-0.05, 0) is 44.0 Å². The van der Waals surface area contributed by atoms with Crippen LogP contribution >= 0.6 is 0 Å². The summed E-state index contributed by atoms with van der Waals surface area (Å²) in [6.07, 6.45) is 3.15. The highest BCUT2D eigenvalue weighted by atomic mass is 19.1. The van der Waals surface area contributed by atoms with E-state index < -0.39 is 11.7 Å². The molecule has 0 radical (unpaired) electrons. The number of nitrogens with zero attached hydrogens (tertiary/aromatic N) is 3. The van der Waals surface area contributed by atoms with Crippen molar-refractivity contribution in [1.29, 1.82) is 0 Å². The Kier molecular flexibility index (Phi) is 6.92. The number of benzene rings is 2. The van der Waals surface area contributed by atoms with Crippen molar-refractivity contribution in [3.05, 3.63) is 83.7 Å². The first-order valence-corrected chi connectivity index (χ1v) is 10.9. The zero-order chi connectivity index (χ0) is 23.2. The van der Waals surface area contributed by atoms with E-state index in [0.29, 0.717) is 30.4 Å². The van der Waals surface area contributed by atoms with Crippen LogP contribution in [0.4, 0.5) is 10.1 Å². The molecule has 8 heteroatoms. The van der Waals surface area contributed by atoms with Crippen molar-refractivity contribution in [2.45, 2.75) is 25.7 Å². The molecule has 4 rings (SSSR count). The molecule has 2 heterocycles. The van der Waals surface area contributed by atoms with Crippen LogP contribution in [0.5, 0.6) is 5.75 Å². The topological polar surface area (TPSA) is 84.4 Å². The minimum atomic E-state index is -0.510. The third-order valence-electron chi connectivity index (χ3n) is 5.61. The number of rotatable bonds is 6. The van der Waals surface area contributed by atoms with E-state index in [-0.39, 0.29) is 29.7 Å². The lowest BCUT2D eigenvalue weighted by Crippen LogP contribution is -2.42. The first-order valence-electron chi connectivity index (χ1n) is 10.9. The van der Waals surface area contributed by atoms with Gasteiger partial charge < -0.3 is 15.0 Å². The number of aromatic nitrogens is 2. The summed E-state index contributed by atoms with van der Waals surface area (Å²) in [5, 5.41) is 2.56. The first-order chi connectivity index (χ1) is 16.0. The molecule has 1 aliphatic rings. The molecule has 1 N–H and O–H groups in total. The predicted octanol–water partition coefficient (Wildman–Crippen LogP) is 3.96. The highest BCUT2D eigenvalue weighted by Crippen LogP contribution is 2.25. The molecule has 1 atom stereocenters. The van der Waals surface area contributed by atoms with Gasteiger partial charge in [-0.3, -0.25) is 9.59 Å². The Morgan fingerprint density at radius 1 is 1.15 bits per heavy atom. The first kappa shape index (κ1) is 22.4. The molecule has 1 aromatic heterocycles. The largest absolute Gasteiger partial charge is 0.484 e. The van der Waals surface area contributed by atoms with Gasteiger partial charge in [0.25, 0.3) is 11.8 Å². The van der Waals surface area contributed by atoms with Crippen LogP contribution in [-0.2, 0) is 4.79 Å². The van der Waals surface area contributed by atoms with E-state index in [1.54, 1.807) is 24.0 Å². The zero-order valence-corrected chi connectivity index (χ0v) is 18.3. The highest BCUT2D eigenvalue weighted by molar-refractivity contribution is 6.04. The van der Waals surface area contributed by atoms with Gasteiger partial charge >= 0.3 is 0 Å². The number of hydrogen-bond acceptors (Lipinski definition) is 5. The number of amides is 2. The van der Waals surface area contributed by atoms with Crippen LogP contribution in [0.15, 0.2) is 60.8 Å². The van der Waals surface area contributed by atoms with Gasteiger partial charge in [0.05, 0.1) is 16.9 Å². The molecule has 1 saturated heterocycles. The fourth-order valence-electron chi connectivity index (χ4n) is 3.82. The third-order valence-corrected chi connectivity index (χ3v) is 5.61. The standard InChI is InChI=1S/C25H25FN4O3/c1-17-20(25(32)29-22-12-6-5-11-21(22)26)14-27-24(28-17)18-8-7-13-30(15-18)23(31)16-33-19-9-3-2-4-10-19/h2-6,9-12,14,18H,7-8,13,15-16H2,1H3,(H,29,32). The Hall–Kier alpha value is -3.81. The summed E-state index contributed by atoms with van der Waals surface area (Å²) in [6.45, 7) is 2.86. The molecule has 2 aromatic carbocycles. The van der Waals surface area contributed by atoms with Crippen LogP contribution in [0.25, 0.3) is 0 Å². The maximum atomic E-state index is 13.8. The summed E-state index contributed by atoms with van der Waals surface area (Å²) >= 11 is 0. The number of halogens is 1. The van der Waals surface area contributed by atoms with Crippen LogP contribution in [0.3, 0.4) is 0 Å². The Balaban J connectivity index is 1.39. The van der Waals surface area contributed by atoms with E-state index in [0.717, 1.165) is 12.8 Å². The Labute approximate surface area is 191 Å². The fourth-order valence-corrected chi connectivity index (χ4v) is 3.82. The molecular formula is C25H25FN4O3. The number of carbonyl (C=O) groups is 2. The molecule has 1 fully saturated rings. The molecule has 1 aliphatic heterocycles. The number of hydrogen-bond donors (Lipinski definition) is 1. The molecule has 0 bridgehead atoms. The lowest BCUT2D eigenvalue weighted by molar-refractivity contribution is -0.134. The van der Waals surface area contributed by atoms with Crippen molar-refractivity contribution >= 4 is 17.5 Å². The molecule has 0 aliphatic carbocycles. The smallest absolute Gasteiger partial charge is 0.260 e. The van der Waals surface area contributed by atoms with Crippen molar-refractivity contribution in [1.82, 2.24) is 14.9 Å². The molecule has 170 valence electrons. The van der Waals surface area contributed by atoms with Crippen molar-refractivity contribution in [3.63, 3.8) is 0 Å². The quantitative estimate of drug-likeness (QED) is 0.617. The fraction of sp³-hybridized carbons (Fsp3) is 0.280. The lowest BCUT2D eigenvalue weighted by Gasteiger charge is -2.32. The zero-order valence-electron chi connectivity index (χ0n) is 18.3. The van der Waals surface area contributed by atoms with Crippen LogP contribution in [0, 0.1) is 12.7 Å². The van der Waals surface area contributed by atoms with Crippen LogP contribution < -0.4 is 10.1 Å². The molecule has 7 nitrogen and oxygen atoms in total. The van der Waals surface area contributed by atoms with Gasteiger partial charge in [-0.2, -0.15) is 0 Å². The number of aryl methyl sites for hydroxylation is 1. The van der Waals surface area contributed by atoms with Gasteiger partial charge in [-0.25, -0.2) is 14.4 Å².